The van der Waals surface area contributed by atoms with Crippen LogP contribution < -0.4 is 0 Å². The molecule has 0 unspecified atom stereocenters. The third kappa shape index (κ3) is 3.45. The van der Waals surface area contributed by atoms with Crippen molar-refractivity contribution in [3.8, 4) is 0 Å². The Morgan fingerprint density at radius 2 is 2.00 bits per heavy atom. The number of rotatable bonds is 5. The second kappa shape index (κ2) is 7.28. The summed E-state index contributed by atoms with van der Waals surface area (Å²) in [6, 6.07) is 6.15. The van der Waals surface area contributed by atoms with Crippen LogP contribution in [0.3, 0.4) is 0 Å². The highest BCUT2D eigenvalue weighted by Gasteiger charge is 2.41. The number of fused-ring (bicyclic) bond motifs is 1. The number of ether oxygens (including phenoxy) is 1. The van der Waals surface area contributed by atoms with Crippen LogP contribution in [0.2, 0.25) is 0 Å². The summed E-state index contributed by atoms with van der Waals surface area (Å²) in [5.74, 6) is -2.26. The van der Waals surface area contributed by atoms with E-state index in [9.17, 15) is 19.2 Å². The van der Waals surface area contributed by atoms with Gasteiger partial charge < -0.3 is 14.4 Å². The van der Waals surface area contributed by atoms with Gasteiger partial charge in [-0.1, -0.05) is 18.2 Å². The van der Waals surface area contributed by atoms with Gasteiger partial charge in [-0.05, 0) is 30.8 Å². The highest BCUT2D eigenvalue weighted by molar-refractivity contribution is 8.18. The van der Waals surface area contributed by atoms with E-state index in [0.29, 0.717) is 11.1 Å². The van der Waals surface area contributed by atoms with Crippen LogP contribution in [0.4, 0.5) is 4.79 Å². The Labute approximate surface area is 158 Å². The Balaban J connectivity index is 2.00. The van der Waals surface area contributed by atoms with Gasteiger partial charge in [0.2, 0.25) is 0 Å². The summed E-state index contributed by atoms with van der Waals surface area (Å²) in [6.45, 7) is 1.19. The first-order valence-corrected chi connectivity index (χ1v) is 8.79. The molecule has 0 saturated carbocycles. The minimum atomic E-state index is -1.03. The van der Waals surface area contributed by atoms with Crippen LogP contribution in [0.5, 0.6) is 0 Å². The number of amides is 2. The fourth-order valence-electron chi connectivity index (χ4n) is 2.90. The number of aliphatic carboxylic acids is 1. The summed E-state index contributed by atoms with van der Waals surface area (Å²) in [6.07, 6.45) is 3.16. The lowest BCUT2D eigenvalue weighted by molar-refractivity contribution is -0.148. The number of hydrogen-bond donors (Lipinski definition) is 1. The number of hydrogen-bond acceptors (Lipinski definition) is 6. The van der Waals surface area contributed by atoms with Crippen molar-refractivity contribution < 1.29 is 29.0 Å². The molecule has 0 spiro atoms. The van der Waals surface area contributed by atoms with Gasteiger partial charge in [0.05, 0.1) is 12.0 Å². The zero-order valence-electron chi connectivity index (χ0n) is 14.5. The summed E-state index contributed by atoms with van der Waals surface area (Å²) in [5, 5.41) is 9.28. The fraction of sp³-hybridized carbons (Fsp3) is 0.222. The molecule has 1 aliphatic rings. The van der Waals surface area contributed by atoms with E-state index in [1.807, 2.05) is 0 Å². The van der Waals surface area contributed by atoms with Crippen molar-refractivity contribution in [1.29, 1.82) is 0 Å². The van der Waals surface area contributed by atoms with Gasteiger partial charge in [0.15, 0.2) is 0 Å². The first-order chi connectivity index (χ1) is 12.8. The Bertz CT molecular complexity index is 993. The highest BCUT2D eigenvalue weighted by Crippen LogP contribution is 2.35. The number of imide groups is 1. The topological polar surface area (TPSA) is 106 Å². The maximum Gasteiger partial charge on any atom is 0.328 e. The molecule has 1 atom stereocenters. The van der Waals surface area contributed by atoms with Crippen molar-refractivity contribution in [3.05, 3.63) is 40.9 Å². The minimum Gasteiger partial charge on any atom is -0.480 e. The van der Waals surface area contributed by atoms with Crippen molar-refractivity contribution in [2.45, 2.75) is 19.5 Å². The molecule has 1 N–H and O–H groups in total. The average molecular weight is 388 g/mol. The van der Waals surface area contributed by atoms with Gasteiger partial charge in [0, 0.05) is 22.7 Å². The number of carboxylic acids is 1. The Morgan fingerprint density at radius 3 is 2.67 bits per heavy atom. The molecule has 8 nitrogen and oxygen atoms in total. The first kappa shape index (κ1) is 18.7. The largest absolute Gasteiger partial charge is 0.480 e. The molecule has 1 fully saturated rings. The number of aromatic nitrogens is 1. The van der Waals surface area contributed by atoms with Crippen molar-refractivity contribution in [1.82, 2.24) is 9.47 Å². The first-order valence-electron chi connectivity index (χ1n) is 7.98. The number of carbonyl (C=O) groups is 4. The van der Waals surface area contributed by atoms with Gasteiger partial charge in [0.1, 0.15) is 12.6 Å². The van der Waals surface area contributed by atoms with E-state index >= 15 is 0 Å². The Kier molecular flexibility index (Phi) is 5.04. The number of thioether (sulfide) groups is 1. The number of carbonyl (C=O) groups excluding carboxylic acids is 3. The van der Waals surface area contributed by atoms with E-state index in [4.69, 9.17) is 5.11 Å². The van der Waals surface area contributed by atoms with Crippen molar-refractivity contribution in [3.63, 3.8) is 0 Å². The molecule has 140 valence electrons. The van der Waals surface area contributed by atoms with Crippen molar-refractivity contribution in [2.24, 2.45) is 0 Å². The standard InChI is InChI=1S/C18H16N2O6S/c1-10(17(24)26-2)20-16(23)14(27-18(20)25)7-11-8-19(9-15(21)22)13-6-4-3-5-12(11)13/h3-8,10H,9H2,1-2H3,(H,21,22)/b14-7+/t10-/m0/s1. The monoisotopic (exact) mass is 388 g/mol. The lowest BCUT2D eigenvalue weighted by atomic mass is 10.1. The molecule has 1 saturated heterocycles. The summed E-state index contributed by atoms with van der Waals surface area (Å²) >= 11 is 0.730. The van der Waals surface area contributed by atoms with Crippen LogP contribution >= 0.6 is 11.8 Å². The van der Waals surface area contributed by atoms with Gasteiger partial charge in [-0.15, -0.1) is 0 Å². The van der Waals surface area contributed by atoms with E-state index < -0.39 is 29.1 Å². The van der Waals surface area contributed by atoms with Gasteiger partial charge in [-0.2, -0.15) is 0 Å². The molecular formula is C18H16N2O6S. The van der Waals surface area contributed by atoms with Crippen LogP contribution in [0.25, 0.3) is 17.0 Å². The third-order valence-corrected chi connectivity index (χ3v) is 5.05. The van der Waals surface area contributed by atoms with Crippen molar-refractivity contribution >= 4 is 51.8 Å². The quantitative estimate of drug-likeness (QED) is 0.619. The fourth-order valence-corrected chi connectivity index (χ4v) is 3.80. The van der Waals surface area contributed by atoms with Crippen LogP contribution in [0.15, 0.2) is 35.4 Å². The SMILES string of the molecule is COC(=O)[C@H](C)N1C(=O)S/C(=C/c2cn(CC(=O)O)c3ccccc23)C1=O. The predicted molar refractivity (Wildman–Crippen MR) is 98.9 cm³/mol. The Morgan fingerprint density at radius 1 is 1.30 bits per heavy atom. The molecule has 2 aromatic rings. The molecule has 2 heterocycles. The van der Waals surface area contributed by atoms with E-state index in [1.165, 1.54) is 20.1 Å². The second-order valence-electron chi connectivity index (χ2n) is 5.87. The Hall–Kier alpha value is -3.07. The number of carboxylic acid groups (broad SMARTS) is 1. The molecule has 0 radical (unpaired) electrons. The molecule has 27 heavy (non-hydrogen) atoms. The van der Waals surface area contributed by atoms with Gasteiger partial charge in [-0.3, -0.25) is 19.3 Å². The summed E-state index contributed by atoms with van der Waals surface area (Å²) in [4.78, 5) is 48.6. The van der Waals surface area contributed by atoms with E-state index in [-0.39, 0.29) is 11.4 Å². The number of esters is 1. The van der Waals surface area contributed by atoms with Gasteiger partial charge in [0.25, 0.3) is 11.1 Å². The normalized spacial score (nSPS) is 17.0. The average Bonchev–Trinajstić information content (AvgIpc) is 3.11. The number of nitrogens with zero attached hydrogens (tertiary/aromatic N) is 2. The molecule has 0 aliphatic carbocycles. The molecule has 3 rings (SSSR count). The van der Waals surface area contributed by atoms with E-state index in [2.05, 4.69) is 4.74 Å². The molecule has 0 bridgehead atoms. The number of para-hydroxylation sites is 1. The predicted octanol–water partition coefficient (Wildman–Crippen LogP) is 2.32. The molecule has 1 aromatic carbocycles. The number of methoxy groups -OCH3 is 1. The van der Waals surface area contributed by atoms with Crippen molar-refractivity contribution in [2.75, 3.05) is 7.11 Å². The zero-order chi connectivity index (χ0) is 19.7. The molecule has 1 aliphatic heterocycles. The van der Waals surface area contributed by atoms with E-state index in [1.54, 1.807) is 35.0 Å². The van der Waals surface area contributed by atoms with Gasteiger partial charge >= 0.3 is 11.9 Å². The third-order valence-electron chi connectivity index (χ3n) is 4.16. The maximum absolute atomic E-state index is 12.6. The zero-order valence-corrected chi connectivity index (χ0v) is 15.4. The second-order valence-corrected chi connectivity index (χ2v) is 6.87. The number of benzene rings is 1. The molecule has 2 amide bonds. The van der Waals surface area contributed by atoms with Crippen LogP contribution in [-0.4, -0.2) is 50.8 Å². The maximum atomic E-state index is 12.6. The van der Waals surface area contributed by atoms with Crippen LogP contribution in [0.1, 0.15) is 12.5 Å². The smallest absolute Gasteiger partial charge is 0.328 e. The lowest BCUT2D eigenvalue weighted by Crippen LogP contribution is -2.42. The lowest BCUT2D eigenvalue weighted by Gasteiger charge is -2.18. The van der Waals surface area contributed by atoms with Gasteiger partial charge in [-0.25, -0.2) is 4.79 Å². The molecular weight excluding hydrogens is 372 g/mol. The van der Waals surface area contributed by atoms with Crippen LogP contribution in [0, 0.1) is 0 Å². The summed E-state index contributed by atoms with van der Waals surface area (Å²) in [7, 11) is 1.19. The summed E-state index contributed by atoms with van der Waals surface area (Å²) < 4.78 is 6.16. The summed E-state index contributed by atoms with van der Waals surface area (Å²) in [5.41, 5.74) is 1.32. The highest BCUT2D eigenvalue weighted by atomic mass is 32.2. The van der Waals surface area contributed by atoms with E-state index in [0.717, 1.165) is 22.0 Å². The minimum absolute atomic E-state index is 0.161. The van der Waals surface area contributed by atoms with Crippen LogP contribution in [-0.2, 0) is 25.7 Å². The molecule has 9 heteroatoms. The molecule has 1 aromatic heterocycles.